The van der Waals surface area contributed by atoms with Gasteiger partial charge in [0.1, 0.15) is 0 Å². The molecule has 1 aliphatic rings. The number of anilines is 1. The number of hydrogen-bond acceptors (Lipinski definition) is 5. The van der Waals surface area contributed by atoms with Crippen LogP contribution < -0.4 is 4.90 Å². The summed E-state index contributed by atoms with van der Waals surface area (Å²) in [4.78, 5) is 12.9. The van der Waals surface area contributed by atoms with E-state index in [1.165, 1.54) is 0 Å². The first kappa shape index (κ1) is 19.0. The zero-order valence-corrected chi connectivity index (χ0v) is 15.3. The third kappa shape index (κ3) is 5.62. The Morgan fingerprint density at radius 3 is 2.50 bits per heavy atom. The SMILES string of the molecule is CCN(CC#CC1CCC(N(C)c2ncc(Cl)cn2)CC1)CCO. The quantitative estimate of drug-likeness (QED) is 0.799. The first-order valence-corrected chi connectivity index (χ1v) is 9.03. The molecule has 0 atom stereocenters. The summed E-state index contributed by atoms with van der Waals surface area (Å²) in [5.74, 6) is 7.91. The van der Waals surface area contributed by atoms with Crippen molar-refractivity contribution in [1.82, 2.24) is 14.9 Å². The van der Waals surface area contributed by atoms with Gasteiger partial charge in [0.15, 0.2) is 0 Å². The Balaban J connectivity index is 1.80. The summed E-state index contributed by atoms with van der Waals surface area (Å²) in [6.45, 7) is 4.66. The number of nitrogens with zero attached hydrogens (tertiary/aromatic N) is 4. The average molecular weight is 351 g/mol. The molecule has 1 aliphatic carbocycles. The van der Waals surface area contributed by atoms with Crippen molar-refractivity contribution in [3.05, 3.63) is 17.4 Å². The lowest BCUT2D eigenvalue weighted by molar-refractivity contribution is 0.216. The number of aliphatic hydroxyl groups is 1. The molecule has 1 aromatic rings. The molecule has 0 aliphatic heterocycles. The summed E-state index contributed by atoms with van der Waals surface area (Å²) < 4.78 is 0. The largest absolute Gasteiger partial charge is 0.395 e. The average Bonchev–Trinajstić information content (AvgIpc) is 2.61. The first-order valence-electron chi connectivity index (χ1n) is 8.66. The molecule has 24 heavy (non-hydrogen) atoms. The maximum atomic E-state index is 8.99. The maximum absolute atomic E-state index is 8.99. The zero-order valence-electron chi connectivity index (χ0n) is 14.6. The van der Waals surface area contributed by atoms with Crippen molar-refractivity contribution in [1.29, 1.82) is 0 Å². The fourth-order valence-corrected chi connectivity index (χ4v) is 3.15. The maximum Gasteiger partial charge on any atom is 0.225 e. The van der Waals surface area contributed by atoms with E-state index in [1.54, 1.807) is 12.4 Å². The van der Waals surface area contributed by atoms with Crippen LogP contribution in [0.25, 0.3) is 0 Å². The van der Waals surface area contributed by atoms with E-state index in [9.17, 15) is 0 Å². The molecule has 1 N–H and O–H groups in total. The van der Waals surface area contributed by atoms with Gasteiger partial charge in [0.25, 0.3) is 0 Å². The van der Waals surface area contributed by atoms with Crippen LogP contribution in [0.3, 0.4) is 0 Å². The van der Waals surface area contributed by atoms with Crippen LogP contribution in [0, 0.1) is 17.8 Å². The molecule has 132 valence electrons. The summed E-state index contributed by atoms with van der Waals surface area (Å²) in [6.07, 6.45) is 7.72. The van der Waals surface area contributed by atoms with Crippen LogP contribution in [0.1, 0.15) is 32.6 Å². The molecular formula is C18H27ClN4O. The van der Waals surface area contributed by atoms with Gasteiger partial charge < -0.3 is 10.0 Å². The van der Waals surface area contributed by atoms with Gasteiger partial charge in [0.05, 0.1) is 30.6 Å². The van der Waals surface area contributed by atoms with Gasteiger partial charge in [-0.05, 0) is 32.2 Å². The van der Waals surface area contributed by atoms with Crippen LogP contribution >= 0.6 is 11.6 Å². The molecule has 0 spiro atoms. The Labute approximate surface area is 150 Å². The second kappa shape index (κ2) is 9.83. The Kier molecular flexibility index (Phi) is 7.77. The first-order chi connectivity index (χ1) is 11.6. The number of hydrogen-bond donors (Lipinski definition) is 1. The fourth-order valence-electron chi connectivity index (χ4n) is 3.05. The van der Waals surface area contributed by atoms with Gasteiger partial charge in [0, 0.05) is 25.6 Å². The predicted molar refractivity (Wildman–Crippen MR) is 98.2 cm³/mol. The Morgan fingerprint density at radius 1 is 1.25 bits per heavy atom. The van der Waals surface area contributed by atoms with E-state index in [-0.39, 0.29) is 6.61 Å². The summed E-state index contributed by atoms with van der Waals surface area (Å²) in [5.41, 5.74) is 0. The van der Waals surface area contributed by atoms with E-state index in [0.717, 1.165) is 44.7 Å². The highest BCUT2D eigenvalue weighted by Gasteiger charge is 2.24. The molecule has 1 saturated carbocycles. The van der Waals surface area contributed by atoms with Crippen molar-refractivity contribution in [3.8, 4) is 11.8 Å². The van der Waals surface area contributed by atoms with Crippen molar-refractivity contribution in [3.63, 3.8) is 0 Å². The molecule has 0 saturated heterocycles. The summed E-state index contributed by atoms with van der Waals surface area (Å²) in [6, 6.07) is 0.464. The van der Waals surface area contributed by atoms with E-state index < -0.39 is 0 Å². The molecule has 0 amide bonds. The minimum atomic E-state index is 0.194. The van der Waals surface area contributed by atoms with Crippen molar-refractivity contribution in [2.45, 2.75) is 38.6 Å². The number of aliphatic hydroxyl groups excluding tert-OH is 1. The van der Waals surface area contributed by atoms with Crippen LogP contribution in [0.15, 0.2) is 12.4 Å². The number of aromatic nitrogens is 2. The molecule has 0 aromatic carbocycles. The molecule has 0 radical (unpaired) electrons. The molecular weight excluding hydrogens is 324 g/mol. The highest BCUT2D eigenvalue weighted by Crippen LogP contribution is 2.28. The van der Waals surface area contributed by atoms with Gasteiger partial charge in [-0.25, -0.2) is 9.97 Å². The smallest absolute Gasteiger partial charge is 0.225 e. The highest BCUT2D eigenvalue weighted by atomic mass is 35.5. The van der Waals surface area contributed by atoms with Gasteiger partial charge in [0.2, 0.25) is 5.95 Å². The second-order valence-electron chi connectivity index (χ2n) is 6.23. The molecule has 5 nitrogen and oxygen atoms in total. The lowest BCUT2D eigenvalue weighted by Gasteiger charge is -2.33. The van der Waals surface area contributed by atoms with Gasteiger partial charge in [-0.1, -0.05) is 30.4 Å². The normalized spacial score (nSPS) is 20.5. The van der Waals surface area contributed by atoms with E-state index in [2.05, 4.69) is 38.5 Å². The summed E-state index contributed by atoms with van der Waals surface area (Å²) >= 11 is 5.85. The van der Waals surface area contributed by atoms with E-state index in [0.29, 0.717) is 23.5 Å². The topological polar surface area (TPSA) is 52.5 Å². The van der Waals surface area contributed by atoms with Crippen molar-refractivity contribution in [2.24, 2.45) is 5.92 Å². The Hall–Kier alpha value is -1.35. The van der Waals surface area contributed by atoms with E-state index in [4.69, 9.17) is 16.7 Å². The number of rotatable bonds is 6. The third-order valence-corrected chi connectivity index (χ3v) is 4.83. The van der Waals surface area contributed by atoms with Crippen molar-refractivity contribution >= 4 is 17.5 Å². The monoisotopic (exact) mass is 350 g/mol. The van der Waals surface area contributed by atoms with Crippen molar-refractivity contribution < 1.29 is 5.11 Å². The summed E-state index contributed by atoms with van der Waals surface area (Å²) in [5, 5.41) is 9.56. The van der Waals surface area contributed by atoms with Gasteiger partial charge in [-0.2, -0.15) is 0 Å². The standard InChI is InChI=1S/C18H27ClN4O/c1-3-23(11-12-24)10-4-5-15-6-8-17(9-7-15)22(2)18-20-13-16(19)14-21-18/h13-15,17,24H,3,6-12H2,1-2H3. The predicted octanol–water partition coefficient (Wildman–Crippen LogP) is 2.44. The highest BCUT2D eigenvalue weighted by molar-refractivity contribution is 6.30. The number of halogens is 1. The van der Waals surface area contributed by atoms with Crippen LogP contribution in [-0.4, -0.2) is 59.3 Å². The number of likely N-dealkylation sites (N-methyl/N-ethyl adjacent to an activating group) is 1. The van der Waals surface area contributed by atoms with Gasteiger partial charge in [-0.3, -0.25) is 4.90 Å². The minimum Gasteiger partial charge on any atom is -0.395 e. The molecule has 6 heteroatoms. The molecule has 2 rings (SSSR count). The Bertz CT molecular complexity index is 546. The van der Waals surface area contributed by atoms with Crippen LogP contribution in [0.5, 0.6) is 0 Å². The molecule has 1 fully saturated rings. The molecule has 0 unspecified atom stereocenters. The van der Waals surface area contributed by atoms with Crippen molar-refractivity contribution in [2.75, 3.05) is 38.2 Å². The summed E-state index contributed by atoms with van der Waals surface area (Å²) in [7, 11) is 2.05. The lowest BCUT2D eigenvalue weighted by atomic mass is 9.86. The molecule has 1 heterocycles. The van der Waals surface area contributed by atoms with E-state index in [1.807, 2.05) is 7.05 Å². The van der Waals surface area contributed by atoms with Gasteiger partial charge in [-0.15, -0.1) is 0 Å². The van der Waals surface area contributed by atoms with Crippen LogP contribution in [0.4, 0.5) is 5.95 Å². The molecule has 1 aromatic heterocycles. The lowest BCUT2D eigenvalue weighted by Crippen LogP contribution is -2.36. The third-order valence-electron chi connectivity index (χ3n) is 4.64. The molecule has 0 bridgehead atoms. The minimum absolute atomic E-state index is 0.194. The van der Waals surface area contributed by atoms with Gasteiger partial charge >= 0.3 is 0 Å². The second-order valence-corrected chi connectivity index (χ2v) is 6.67. The fraction of sp³-hybridized carbons (Fsp3) is 0.667. The zero-order chi connectivity index (χ0) is 17.4. The Morgan fingerprint density at radius 2 is 1.92 bits per heavy atom. The van der Waals surface area contributed by atoms with Crippen LogP contribution in [0.2, 0.25) is 5.02 Å². The van der Waals surface area contributed by atoms with Crippen LogP contribution in [-0.2, 0) is 0 Å². The van der Waals surface area contributed by atoms with E-state index >= 15 is 0 Å².